The number of nitrogens with two attached hydrogens (primary N) is 1. The number of aromatic nitrogens is 3. The third-order valence-corrected chi connectivity index (χ3v) is 2.26. The van der Waals surface area contributed by atoms with Gasteiger partial charge in [0.05, 0.1) is 18.8 Å². The van der Waals surface area contributed by atoms with Gasteiger partial charge in [0.2, 0.25) is 5.91 Å². The Morgan fingerprint density at radius 2 is 2.11 bits per heavy atom. The minimum atomic E-state index is -0.910. The second-order valence-corrected chi connectivity index (χ2v) is 3.63. The zero-order valence-electron chi connectivity index (χ0n) is 10.7. The van der Waals surface area contributed by atoms with Crippen LogP contribution in [0, 0.1) is 6.92 Å². The van der Waals surface area contributed by atoms with Crippen molar-refractivity contribution in [2.24, 2.45) is 5.73 Å². The fraction of sp³-hybridized carbons (Fsp3) is 0.500. The van der Waals surface area contributed by atoms with Gasteiger partial charge in [0.25, 0.3) is 0 Å². The number of rotatable bonds is 5. The summed E-state index contributed by atoms with van der Waals surface area (Å²) in [5.74, 6) is -1.09. The maximum absolute atomic E-state index is 11.5. The van der Waals surface area contributed by atoms with Crippen molar-refractivity contribution >= 4 is 17.9 Å². The van der Waals surface area contributed by atoms with Crippen molar-refractivity contribution in [2.45, 2.75) is 26.8 Å². The van der Waals surface area contributed by atoms with E-state index < -0.39 is 17.9 Å². The van der Waals surface area contributed by atoms with Crippen molar-refractivity contribution in [3.05, 3.63) is 11.4 Å². The SMILES string of the molecule is CCOC(=O)c1nnn(CCC(=O)NC(N)=O)c1C. The van der Waals surface area contributed by atoms with Gasteiger partial charge in [-0.15, -0.1) is 5.10 Å². The Morgan fingerprint density at radius 1 is 1.42 bits per heavy atom. The van der Waals surface area contributed by atoms with Crippen LogP contribution in [0.1, 0.15) is 29.5 Å². The number of primary amides is 1. The molecular weight excluding hydrogens is 254 g/mol. The molecule has 9 heteroatoms. The van der Waals surface area contributed by atoms with Gasteiger partial charge in [-0.25, -0.2) is 14.3 Å². The number of imide groups is 1. The van der Waals surface area contributed by atoms with Crippen LogP contribution in [0.15, 0.2) is 0 Å². The standard InChI is InChI=1S/C10H15N5O4/c1-3-19-9(17)8-6(2)15(14-13-8)5-4-7(16)12-10(11)18/h3-5H2,1-2H3,(H3,11,12,16,18). The first-order chi connectivity index (χ1) is 8.95. The Morgan fingerprint density at radius 3 is 2.68 bits per heavy atom. The summed E-state index contributed by atoms with van der Waals surface area (Å²) in [6.45, 7) is 3.74. The molecule has 19 heavy (non-hydrogen) atoms. The average molecular weight is 269 g/mol. The lowest BCUT2D eigenvalue weighted by Crippen LogP contribution is -2.35. The van der Waals surface area contributed by atoms with Crippen molar-refractivity contribution in [3.63, 3.8) is 0 Å². The van der Waals surface area contributed by atoms with E-state index in [1.165, 1.54) is 4.68 Å². The Balaban J connectivity index is 2.63. The maximum Gasteiger partial charge on any atom is 0.360 e. The quantitative estimate of drug-likeness (QED) is 0.683. The second kappa shape index (κ2) is 6.47. The van der Waals surface area contributed by atoms with Gasteiger partial charge in [-0.1, -0.05) is 5.21 Å². The van der Waals surface area contributed by atoms with Crippen LogP contribution in [-0.4, -0.2) is 39.5 Å². The third-order valence-electron chi connectivity index (χ3n) is 2.26. The second-order valence-electron chi connectivity index (χ2n) is 3.63. The number of ether oxygens (including phenoxy) is 1. The molecule has 0 aliphatic rings. The first kappa shape index (κ1) is 14.6. The molecule has 0 unspecified atom stereocenters. The normalized spacial score (nSPS) is 10.0. The molecule has 0 atom stereocenters. The molecule has 0 spiro atoms. The molecule has 1 heterocycles. The van der Waals surface area contributed by atoms with Crippen molar-refractivity contribution in [2.75, 3.05) is 6.61 Å². The molecule has 104 valence electrons. The van der Waals surface area contributed by atoms with E-state index >= 15 is 0 Å². The van der Waals surface area contributed by atoms with Crippen molar-refractivity contribution in [3.8, 4) is 0 Å². The van der Waals surface area contributed by atoms with Gasteiger partial charge in [0.1, 0.15) is 0 Å². The van der Waals surface area contributed by atoms with E-state index in [1.807, 2.05) is 5.32 Å². The van der Waals surface area contributed by atoms with Gasteiger partial charge in [-0.05, 0) is 13.8 Å². The highest BCUT2D eigenvalue weighted by atomic mass is 16.5. The van der Waals surface area contributed by atoms with Crippen LogP contribution >= 0.6 is 0 Å². The molecule has 0 radical (unpaired) electrons. The first-order valence-corrected chi connectivity index (χ1v) is 5.62. The van der Waals surface area contributed by atoms with Crippen LogP contribution in [0.4, 0.5) is 4.79 Å². The lowest BCUT2D eigenvalue weighted by Gasteiger charge is -2.03. The van der Waals surface area contributed by atoms with E-state index in [1.54, 1.807) is 13.8 Å². The molecule has 0 saturated heterocycles. The lowest BCUT2D eigenvalue weighted by atomic mass is 10.3. The highest BCUT2D eigenvalue weighted by Gasteiger charge is 2.17. The molecule has 9 nitrogen and oxygen atoms in total. The third kappa shape index (κ3) is 4.05. The van der Waals surface area contributed by atoms with Crippen LogP contribution in [0.3, 0.4) is 0 Å². The van der Waals surface area contributed by atoms with Gasteiger partial charge >= 0.3 is 12.0 Å². The van der Waals surface area contributed by atoms with E-state index in [-0.39, 0.29) is 25.3 Å². The number of hydrogen-bond donors (Lipinski definition) is 2. The van der Waals surface area contributed by atoms with Crippen LogP contribution < -0.4 is 11.1 Å². The van der Waals surface area contributed by atoms with Crippen molar-refractivity contribution in [1.29, 1.82) is 0 Å². The van der Waals surface area contributed by atoms with Gasteiger partial charge < -0.3 is 10.5 Å². The van der Waals surface area contributed by atoms with E-state index in [0.29, 0.717) is 5.69 Å². The average Bonchev–Trinajstić information content (AvgIpc) is 2.67. The minimum Gasteiger partial charge on any atom is -0.461 e. The summed E-state index contributed by atoms with van der Waals surface area (Å²) in [6.07, 6.45) is -0.00456. The number of hydrogen-bond acceptors (Lipinski definition) is 6. The Hall–Kier alpha value is -2.45. The largest absolute Gasteiger partial charge is 0.461 e. The summed E-state index contributed by atoms with van der Waals surface area (Å²) in [6, 6.07) is -0.910. The molecule has 0 saturated carbocycles. The van der Waals surface area contributed by atoms with Crippen LogP contribution in [0.2, 0.25) is 0 Å². The molecule has 1 aromatic heterocycles. The predicted octanol–water partition coefficient (Wildman–Crippen LogP) is -0.652. The molecule has 0 aliphatic carbocycles. The zero-order chi connectivity index (χ0) is 14.4. The summed E-state index contributed by atoms with van der Waals surface area (Å²) in [5.41, 5.74) is 5.40. The first-order valence-electron chi connectivity index (χ1n) is 5.62. The van der Waals surface area contributed by atoms with E-state index in [2.05, 4.69) is 10.3 Å². The van der Waals surface area contributed by atoms with Gasteiger partial charge in [0, 0.05) is 6.42 Å². The van der Waals surface area contributed by atoms with Gasteiger partial charge in [-0.2, -0.15) is 0 Å². The fourth-order valence-electron chi connectivity index (χ4n) is 1.37. The number of nitrogens with one attached hydrogen (secondary N) is 1. The van der Waals surface area contributed by atoms with Crippen LogP contribution in [-0.2, 0) is 16.1 Å². The monoisotopic (exact) mass is 269 g/mol. The zero-order valence-corrected chi connectivity index (χ0v) is 10.7. The highest BCUT2D eigenvalue weighted by Crippen LogP contribution is 2.06. The van der Waals surface area contributed by atoms with E-state index in [4.69, 9.17) is 10.5 Å². The van der Waals surface area contributed by atoms with Crippen molar-refractivity contribution in [1.82, 2.24) is 20.3 Å². The summed E-state index contributed by atoms with van der Waals surface area (Å²) in [5, 5.41) is 9.36. The Kier molecular flexibility index (Phi) is 4.98. The number of carbonyl (C=O) groups is 3. The highest BCUT2D eigenvalue weighted by molar-refractivity contribution is 5.93. The Labute approximate surface area is 109 Å². The number of amides is 3. The summed E-state index contributed by atoms with van der Waals surface area (Å²) < 4.78 is 6.19. The van der Waals surface area contributed by atoms with E-state index in [9.17, 15) is 14.4 Å². The van der Waals surface area contributed by atoms with E-state index in [0.717, 1.165) is 0 Å². The number of aryl methyl sites for hydroxylation is 1. The van der Waals surface area contributed by atoms with Gasteiger partial charge in [0.15, 0.2) is 5.69 Å². The smallest absolute Gasteiger partial charge is 0.360 e. The topological polar surface area (TPSA) is 129 Å². The molecule has 1 rings (SSSR count). The molecule has 0 fully saturated rings. The van der Waals surface area contributed by atoms with Crippen molar-refractivity contribution < 1.29 is 19.1 Å². The number of nitrogens with zero attached hydrogens (tertiary/aromatic N) is 3. The van der Waals surface area contributed by atoms with Crippen LogP contribution in [0.5, 0.6) is 0 Å². The fourth-order valence-corrected chi connectivity index (χ4v) is 1.37. The molecule has 0 aromatic carbocycles. The molecule has 3 amide bonds. The Bertz CT molecular complexity index is 496. The predicted molar refractivity (Wildman–Crippen MR) is 63.1 cm³/mol. The summed E-state index contributed by atoms with van der Waals surface area (Å²) in [7, 11) is 0. The van der Waals surface area contributed by atoms with Crippen LogP contribution in [0.25, 0.3) is 0 Å². The van der Waals surface area contributed by atoms with Gasteiger partial charge in [-0.3, -0.25) is 10.1 Å². The minimum absolute atomic E-state index is 0.00456. The number of urea groups is 1. The molecule has 3 N–H and O–H groups in total. The molecule has 0 aliphatic heterocycles. The molecular formula is C10H15N5O4. The number of carbonyl (C=O) groups excluding carboxylic acids is 3. The number of esters is 1. The summed E-state index contributed by atoms with van der Waals surface area (Å²) >= 11 is 0. The maximum atomic E-state index is 11.5. The molecule has 1 aromatic rings. The lowest BCUT2D eigenvalue weighted by molar-refractivity contribution is -0.120. The summed E-state index contributed by atoms with van der Waals surface area (Å²) in [4.78, 5) is 33.1. The molecule has 0 bridgehead atoms.